The number of hydrogen-bond acceptors (Lipinski definition) is 4. The zero-order chi connectivity index (χ0) is 12.8. The fourth-order valence-electron chi connectivity index (χ4n) is 1.64. The van der Waals surface area contributed by atoms with Crippen molar-refractivity contribution in [2.24, 2.45) is 5.92 Å². The molecule has 0 radical (unpaired) electrons. The molecule has 2 N–H and O–H groups in total. The van der Waals surface area contributed by atoms with Gasteiger partial charge in [0.1, 0.15) is 5.75 Å². The number of methoxy groups -OCH3 is 1. The van der Waals surface area contributed by atoms with Crippen LogP contribution in [0.4, 0.5) is 0 Å². The molecule has 5 heteroatoms. The lowest BCUT2D eigenvalue weighted by Gasteiger charge is -2.27. The number of thioether (sulfide) groups is 1. The van der Waals surface area contributed by atoms with E-state index in [1.165, 1.54) is 11.8 Å². The second-order valence-electron chi connectivity index (χ2n) is 4.30. The highest BCUT2D eigenvalue weighted by atomic mass is 32.2. The number of carbonyl (C=O) groups excluding carboxylic acids is 1. The summed E-state index contributed by atoms with van der Waals surface area (Å²) >= 11 is 1.53. The van der Waals surface area contributed by atoms with Crippen LogP contribution in [0.5, 0.6) is 5.75 Å². The fourth-order valence-corrected chi connectivity index (χ4v) is 2.42. The van der Waals surface area contributed by atoms with E-state index >= 15 is 0 Å². The molecule has 1 heterocycles. The Balaban J connectivity index is 1.70. The van der Waals surface area contributed by atoms with Crippen LogP contribution in [0.15, 0.2) is 29.2 Å². The molecule has 1 aliphatic rings. The first kappa shape index (κ1) is 13.2. The summed E-state index contributed by atoms with van der Waals surface area (Å²) in [5, 5.41) is 6.14. The van der Waals surface area contributed by atoms with E-state index in [9.17, 15) is 4.79 Å². The van der Waals surface area contributed by atoms with Crippen LogP contribution in [0, 0.1) is 5.92 Å². The molecular formula is C13H18N2O2S. The van der Waals surface area contributed by atoms with E-state index in [4.69, 9.17) is 4.74 Å². The number of benzene rings is 1. The molecule has 2 rings (SSSR count). The number of ether oxygens (including phenoxy) is 1. The van der Waals surface area contributed by atoms with Gasteiger partial charge in [-0.25, -0.2) is 0 Å². The molecule has 0 atom stereocenters. The Morgan fingerprint density at radius 1 is 1.56 bits per heavy atom. The summed E-state index contributed by atoms with van der Waals surface area (Å²) in [6.07, 6.45) is 0. The SMILES string of the molecule is COc1cccc(SCC(=O)NCC2CNC2)c1. The maximum Gasteiger partial charge on any atom is 0.230 e. The largest absolute Gasteiger partial charge is 0.497 e. The van der Waals surface area contributed by atoms with E-state index < -0.39 is 0 Å². The molecule has 0 saturated carbocycles. The van der Waals surface area contributed by atoms with Gasteiger partial charge in [-0.15, -0.1) is 11.8 Å². The van der Waals surface area contributed by atoms with Gasteiger partial charge >= 0.3 is 0 Å². The van der Waals surface area contributed by atoms with Crippen molar-refractivity contribution in [2.75, 3.05) is 32.5 Å². The normalized spacial score (nSPS) is 14.9. The van der Waals surface area contributed by atoms with E-state index in [0.29, 0.717) is 11.7 Å². The Bertz CT molecular complexity index is 408. The van der Waals surface area contributed by atoms with Crippen molar-refractivity contribution in [1.29, 1.82) is 0 Å². The standard InChI is InChI=1S/C13H18N2O2S/c1-17-11-3-2-4-12(5-11)18-9-13(16)15-8-10-6-14-7-10/h2-5,10,14H,6-9H2,1H3,(H,15,16). The zero-order valence-electron chi connectivity index (χ0n) is 10.4. The number of hydrogen-bond donors (Lipinski definition) is 2. The summed E-state index contributed by atoms with van der Waals surface area (Å²) in [6, 6.07) is 7.75. The van der Waals surface area contributed by atoms with Gasteiger partial charge in [-0.05, 0) is 18.2 Å². The van der Waals surface area contributed by atoms with Crippen LogP contribution in [-0.2, 0) is 4.79 Å². The third-order valence-electron chi connectivity index (χ3n) is 2.87. The summed E-state index contributed by atoms with van der Waals surface area (Å²) in [7, 11) is 1.64. The van der Waals surface area contributed by atoms with Crippen LogP contribution < -0.4 is 15.4 Å². The molecular weight excluding hydrogens is 248 g/mol. The molecule has 1 aromatic carbocycles. The summed E-state index contributed by atoms with van der Waals surface area (Å²) in [5.74, 6) is 1.97. The van der Waals surface area contributed by atoms with E-state index in [0.717, 1.165) is 30.3 Å². The first-order valence-corrected chi connectivity index (χ1v) is 7.01. The number of rotatable bonds is 6. The average Bonchev–Trinajstić information content (AvgIpc) is 2.35. The fraction of sp³-hybridized carbons (Fsp3) is 0.462. The van der Waals surface area contributed by atoms with Crippen LogP contribution in [-0.4, -0.2) is 38.4 Å². The zero-order valence-corrected chi connectivity index (χ0v) is 11.3. The Kier molecular flexibility index (Phi) is 4.90. The van der Waals surface area contributed by atoms with Crippen molar-refractivity contribution in [3.63, 3.8) is 0 Å². The lowest BCUT2D eigenvalue weighted by atomic mass is 10.0. The average molecular weight is 266 g/mol. The first-order valence-electron chi connectivity index (χ1n) is 6.02. The van der Waals surface area contributed by atoms with Crippen molar-refractivity contribution in [3.05, 3.63) is 24.3 Å². The smallest absolute Gasteiger partial charge is 0.230 e. The topological polar surface area (TPSA) is 50.4 Å². The molecule has 1 aliphatic heterocycles. The maximum absolute atomic E-state index is 11.6. The molecule has 1 fully saturated rings. The van der Waals surface area contributed by atoms with Crippen LogP contribution in [0.1, 0.15) is 0 Å². The number of amides is 1. The monoisotopic (exact) mass is 266 g/mol. The predicted octanol–water partition coefficient (Wildman–Crippen LogP) is 1.12. The highest BCUT2D eigenvalue weighted by Gasteiger charge is 2.16. The third-order valence-corrected chi connectivity index (χ3v) is 3.86. The molecule has 0 aliphatic carbocycles. The van der Waals surface area contributed by atoms with E-state index in [-0.39, 0.29) is 5.91 Å². The summed E-state index contributed by atoms with van der Waals surface area (Å²) in [6.45, 7) is 2.82. The molecule has 0 bridgehead atoms. The Morgan fingerprint density at radius 2 is 2.39 bits per heavy atom. The van der Waals surface area contributed by atoms with Crippen LogP contribution >= 0.6 is 11.8 Å². The highest BCUT2D eigenvalue weighted by Crippen LogP contribution is 2.22. The lowest BCUT2D eigenvalue weighted by molar-refractivity contribution is -0.118. The molecule has 1 aromatic rings. The van der Waals surface area contributed by atoms with Gasteiger partial charge in [0, 0.05) is 30.4 Å². The maximum atomic E-state index is 11.6. The molecule has 0 unspecified atom stereocenters. The van der Waals surface area contributed by atoms with Crippen LogP contribution in [0.3, 0.4) is 0 Å². The third kappa shape index (κ3) is 3.92. The molecule has 98 valence electrons. The van der Waals surface area contributed by atoms with E-state index in [2.05, 4.69) is 10.6 Å². The van der Waals surface area contributed by atoms with Gasteiger partial charge in [0.05, 0.1) is 12.9 Å². The van der Waals surface area contributed by atoms with Gasteiger partial charge in [0.15, 0.2) is 0 Å². The van der Waals surface area contributed by atoms with Gasteiger partial charge < -0.3 is 15.4 Å². The Labute approximate surface area is 111 Å². The number of carbonyl (C=O) groups is 1. The minimum atomic E-state index is 0.0923. The second-order valence-corrected chi connectivity index (χ2v) is 5.34. The van der Waals surface area contributed by atoms with Crippen molar-refractivity contribution >= 4 is 17.7 Å². The summed E-state index contributed by atoms with van der Waals surface area (Å²) < 4.78 is 5.14. The van der Waals surface area contributed by atoms with Gasteiger partial charge in [-0.2, -0.15) is 0 Å². The summed E-state index contributed by atoms with van der Waals surface area (Å²) in [5.41, 5.74) is 0. The minimum absolute atomic E-state index is 0.0923. The summed E-state index contributed by atoms with van der Waals surface area (Å²) in [4.78, 5) is 12.7. The van der Waals surface area contributed by atoms with Gasteiger partial charge in [0.2, 0.25) is 5.91 Å². The molecule has 1 amide bonds. The molecule has 4 nitrogen and oxygen atoms in total. The highest BCUT2D eigenvalue weighted by molar-refractivity contribution is 8.00. The molecule has 18 heavy (non-hydrogen) atoms. The van der Waals surface area contributed by atoms with E-state index in [1.807, 2.05) is 24.3 Å². The van der Waals surface area contributed by atoms with Gasteiger partial charge in [0.25, 0.3) is 0 Å². The van der Waals surface area contributed by atoms with Crippen LogP contribution in [0.25, 0.3) is 0 Å². The Hall–Kier alpha value is -1.20. The van der Waals surface area contributed by atoms with Crippen molar-refractivity contribution in [1.82, 2.24) is 10.6 Å². The molecule has 0 aromatic heterocycles. The molecule has 0 spiro atoms. The number of nitrogens with one attached hydrogen (secondary N) is 2. The molecule has 1 saturated heterocycles. The predicted molar refractivity (Wildman–Crippen MR) is 73.1 cm³/mol. The lowest BCUT2D eigenvalue weighted by Crippen LogP contribution is -2.48. The van der Waals surface area contributed by atoms with E-state index in [1.54, 1.807) is 7.11 Å². The van der Waals surface area contributed by atoms with Crippen molar-refractivity contribution < 1.29 is 9.53 Å². The Morgan fingerprint density at radius 3 is 3.06 bits per heavy atom. The van der Waals surface area contributed by atoms with Crippen LogP contribution in [0.2, 0.25) is 0 Å². The first-order chi connectivity index (χ1) is 8.78. The van der Waals surface area contributed by atoms with Gasteiger partial charge in [-0.1, -0.05) is 6.07 Å². The van der Waals surface area contributed by atoms with Crippen molar-refractivity contribution in [2.45, 2.75) is 4.90 Å². The quantitative estimate of drug-likeness (QED) is 0.758. The second kappa shape index (κ2) is 6.66. The van der Waals surface area contributed by atoms with Gasteiger partial charge in [-0.3, -0.25) is 4.79 Å². The minimum Gasteiger partial charge on any atom is -0.497 e. The van der Waals surface area contributed by atoms with Crippen molar-refractivity contribution in [3.8, 4) is 5.75 Å².